The van der Waals surface area contributed by atoms with E-state index in [0.717, 1.165) is 56.2 Å². The van der Waals surface area contributed by atoms with Crippen molar-refractivity contribution in [1.29, 1.82) is 0 Å². The third kappa shape index (κ3) is 5.44. The quantitative estimate of drug-likeness (QED) is 0.621. The fourth-order valence-electron chi connectivity index (χ4n) is 5.47. The van der Waals surface area contributed by atoms with E-state index in [2.05, 4.69) is 53.1 Å². The molecule has 2 aliphatic rings. The summed E-state index contributed by atoms with van der Waals surface area (Å²) in [5.41, 5.74) is 3.79. The van der Waals surface area contributed by atoms with E-state index in [1.807, 2.05) is 19.9 Å². The predicted molar refractivity (Wildman–Crippen MR) is 129 cm³/mol. The van der Waals surface area contributed by atoms with Gasteiger partial charge in [0.2, 0.25) is 0 Å². The van der Waals surface area contributed by atoms with Gasteiger partial charge in [-0.15, -0.1) is 0 Å². The molecule has 0 spiro atoms. The molecule has 5 nitrogen and oxygen atoms in total. The molecule has 2 aromatic rings. The zero-order chi connectivity index (χ0) is 22.7. The predicted octanol–water partition coefficient (Wildman–Crippen LogP) is 4.17. The lowest BCUT2D eigenvalue weighted by molar-refractivity contribution is 0.0659. The highest BCUT2D eigenvalue weighted by Gasteiger charge is 2.31. The number of fused-ring (bicyclic) bond motifs is 1. The van der Waals surface area contributed by atoms with E-state index in [4.69, 9.17) is 4.42 Å². The summed E-state index contributed by atoms with van der Waals surface area (Å²) in [5.74, 6) is 2.25. The molecule has 0 saturated carbocycles. The highest BCUT2D eigenvalue weighted by molar-refractivity contribution is 5.95. The molecule has 1 aromatic carbocycles. The second kappa shape index (κ2) is 10.2. The summed E-state index contributed by atoms with van der Waals surface area (Å²) in [6, 6.07) is 11.5. The Balaban J connectivity index is 1.34. The average Bonchev–Trinajstić information content (AvgIpc) is 3.35. The Labute approximate surface area is 193 Å². The molecule has 174 valence electrons. The number of hydrogen-bond donors (Lipinski definition) is 0. The van der Waals surface area contributed by atoms with E-state index in [1.165, 1.54) is 36.8 Å². The number of amides is 1. The van der Waals surface area contributed by atoms with E-state index in [1.54, 1.807) is 0 Å². The first-order chi connectivity index (χ1) is 15.4. The van der Waals surface area contributed by atoms with Gasteiger partial charge in [-0.2, -0.15) is 0 Å². The highest BCUT2D eigenvalue weighted by atomic mass is 16.3. The zero-order valence-corrected chi connectivity index (χ0v) is 20.3. The lowest BCUT2D eigenvalue weighted by atomic mass is 9.94. The van der Waals surface area contributed by atoms with Crippen LogP contribution in [-0.2, 0) is 12.8 Å². The van der Waals surface area contributed by atoms with Crippen molar-refractivity contribution < 1.29 is 9.21 Å². The summed E-state index contributed by atoms with van der Waals surface area (Å²) in [4.78, 5) is 20.3. The molecule has 2 heterocycles. The standard InChI is InChI=1S/C27H39N3O2/c1-20-16-26(21(2)32-20)27(31)30(13-7-12-28(3)4)19-22-10-14-29(15-11-22)25-17-23-8-5-6-9-24(23)18-25/h5-6,8-9,16,22,25H,7,10-15,17-19H2,1-4H3. The highest BCUT2D eigenvalue weighted by Crippen LogP contribution is 2.29. The second-order valence-electron chi connectivity index (χ2n) is 10.0. The summed E-state index contributed by atoms with van der Waals surface area (Å²) in [5, 5.41) is 0. The van der Waals surface area contributed by atoms with Gasteiger partial charge in [-0.1, -0.05) is 24.3 Å². The van der Waals surface area contributed by atoms with Gasteiger partial charge >= 0.3 is 0 Å². The van der Waals surface area contributed by atoms with Crippen LogP contribution in [0.25, 0.3) is 0 Å². The molecule has 5 heteroatoms. The van der Waals surface area contributed by atoms with Gasteiger partial charge in [0.25, 0.3) is 5.91 Å². The molecule has 1 fully saturated rings. The topological polar surface area (TPSA) is 39.9 Å². The minimum absolute atomic E-state index is 0.131. The fourth-order valence-corrected chi connectivity index (χ4v) is 5.47. The summed E-state index contributed by atoms with van der Waals surface area (Å²) in [6.07, 6.45) is 5.72. The van der Waals surface area contributed by atoms with Gasteiger partial charge in [0.15, 0.2) is 0 Å². The van der Waals surface area contributed by atoms with E-state index in [9.17, 15) is 4.79 Å². The Bertz CT molecular complexity index is 886. The van der Waals surface area contributed by atoms with Crippen LogP contribution in [0.15, 0.2) is 34.7 Å². The van der Waals surface area contributed by atoms with Gasteiger partial charge < -0.3 is 14.2 Å². The Morgan fingerprint density at radius 1 is 1.06 bits per heavy atom. The zero-order valence-electron chi connectivity index (χ0n) is 20.3. The van der Waals surface area contributed by atoms with E-state index >= 15 is 0 Å². The van der Waals surface area contributed by atoms with Crippen LogP contribution >= 0.6 is 0 Å². The first-order valence-corrected chi connectivity index (χ1v) is 12.2. The molecule has 32 heavy (non-hydrogen) atoms. The van der Waals surface area contributed by atoms with E-state index < -0.39 is 0 Å². The maximum Gasteiger partial charge on any atom is 0.257 e. The van der Waals surface area contributed by atoms with Crippen molar-refractivity contribution in [1.82, 2.24) is 14.7 Å². The second-order valence-corrected chi connectivity index (χ2v) is 10.0. The Morgan fingerprint density at radius 3 is 2.28 bits per heavy atom. The average molecular weight is 438 g/mol. The Hall–Kier alpha value is -2.11. The molecule has 0 bridgehead atoms. The van der Waals surface area contributed by atoms with Crippen molar-refractivity contribution in [2.45, 2.75) is 52.0 Å². The van der Waals surface area contributed by atoms with Gasteiger partial charge in [0.1, 0.15) is 11.5 Å². The molecule has 1 saturated heterocycles. The van der Waals surface area contributed by atoms with Gasteiger partial charge in [0.05, 0.1) is 5.56 Å². The van der Waals surface area contributed by atoms with Gasteiger partial charge in [-0.05, 0) is 103 Å². The lowest BCUT2D eigenvalue weighted by Gasteiger charge is -2.38. The molecule has 1 aromatic heterocycles. The number of furan rings is 1. The Morgan fingerprint density at radius 2 is 1.72 bits per heavy atom. The summed E-state index contributed by atoms with van der Waals surface area (Å²) < 4.78 is 5.65. The molecular formula is C27H39N3O2. The third-order valence-electron chi connectivity index (χ3n) is 7.27. The van der Waals surface area contributed by atoms with Crippen LogP contribution in [0, 0.1) is 19.8 Å². The van der Waals surface area contributed by atoms with Gasteiger partial charge in [0, 0.05) is 19.1 Å². The maximum atomic E-state index is 13.4. The van der Waals surface area contributed by atoms with Crippen LogP contribution in [0.1, 0.15) is 52.3 Å². The van der Waals surface area contributed by atoms with Crippen LogP contribution in [0.2, 0.25) is 0 Å². The monoisotopic (exact) mass is 437 g/mol. The normalized spacial score (nSPS) is 17.8. The van der Waals surface area contributed by atoms with Crippen LogP contribution in [0.5, 0.6) is 0 Å². The number of nitrogens with zero attached hydrogens (tertiary/aromatic N) is 3. The Kier molecular flexibility index (Phi) is 7.37. The summed E-state index contributed by atoms with van der Waals surface area (Å²) in [7, 11) is 4.18. The minimum atomic E-state index is 0.131. The van der Waals surface area contributed by atoms with E-state index in [0.29, 0.717) is 12.0 Å². The molecule has 0 atom stereocenters. The fraction of sp³-hybridized carbons (Fsp3) is 0.593. The first kappa shape index (κ1) is 23.1. The van der Waals surface area contributed by atoms with Gasteiger partial charge in [-0.3, -0.25) is 9.69 Å². The molecule has 0 N–H and O–H groups in total. The SMILES string of the molecule is Cc1cc(C(=O)N(CCCN(C)C)CC2CCN(C3Cc4ccccc4C3)CC2)c(C)o1. The largest absolute Gasteiger partial charge is 0.466 e. The summed E-state index contributed by atoms with van der Waals surface area (Å²) >= 11 is 0. The minimum Gasteiger partial charge on any atom is -0.466 e. The molecule has 1 amide bonds. The number of piperidine rings is 1. The van der Waals surface area contributed by atoms with Crippen molar-refractivity contribution >= 4 is 5.91 Å². The number of aryl methyl sites for hydroxylation is 2. The number of hydrogen-bond acceptors (Lipinski definition) is 4. The van der Waals surface area contributed by atoms with Crippen LogP contribution in [0.3, 0.4) is 0 Å². The van der Waals surface area contributed by atoms with Crippen molar-refractivity contribution in [3.63, 3.8) is 0 Å². The van der Waals surface area contributed by atoms with Crippen LogP contribution < -0.4 is 0 Å². The number of benzene rings is 1. The number of carbonyl (C=O) groups is 1. The number of carbonyl (C=O) groups excluding carboxylic acids is 1. The number of rotatable bonds is 8. The molecule has 0 unspecified atom stereocenters. The number of likely N-dealkylation sites (tertiary alicyclic amines) is 1. The van der Waals surface area contributed by atoms with Crippen molar-refractivity contribution in [3.05, 3.63) is 58.5 Å². The molecule has 0 radical (unpaired) electrons. The molecule has 4 rings (SSSR count). The maximum absolute atomic E-state index is 13.4. The van der Waals surface area contributed by atoms with Crippen molar-refractivity contribution in [2.75, 3.05) is 46.8 Å². The smallest absolute Gasteiger partial charge is 0.257 e. The van der Waals surface area contributed by atoms with Crippen LogP contribution in [-0.4, -0.2) is 73.5 Å². The van der Waals surface area contributed by atoms with Crippen LogP contribution in [0.4, 0.5) is 0 Å². The lowest BCUT2D eigenvalue weighted by Crippen LogP contribution is -2.45. The van der Waals surface area contributed by atoms with Crippen molar-refractivity contribution in [2.24, 2.45) is 5.92 Å². The van der Waals surface area contributed by atoms with E-state index in [-0.39, 0.29) is 5.91 Å². The first-order valence-electron chi connectivity index (χ1n) is 12.2. The molecule has 1 aliphatic heterocycles. The summed E-state index contributed by atoms with van der Waals surface area (Å²) in [6.45, 7) is 8.76. The van der Waals surface area contributed by atoms with Gasteiger partial charge in [-0.25, -0.2) is 0 Å². The van der Waals surface area contributed by atoms with Crippen molar-refractivity contribution in [3.8, 4) is 0 Å². The third-order valence-corrected chi connectivity index (χ3v) is 7.27. The molecular weight excluding hydrogens is 398 g/mol. The molecule has 1 aliphatic carbocycles.